The van der Waals surface area contributed by atoms with Crippen LogP contribution in [0.15, 0.2) is 54.6 Å². The third kappa shape index (κ3) is 5.79. The van der Waals surface area contributed by atoms with Crippen LogP contribution in [0.2, 0.25) is 0 Å². The highest BCUT2D eigenvalue weighted by molar-refractivity contribution is 5.95. The van der Waals surface area contributed by atoms with Crippen molar-refractivity contribution < 1.29 is 32.3 Å². The van der Waals surface area contributed by atoms with Gasteiger partial charge in [0.05, 0.1) is 17.7 Å². The molecule has 3 heterocycles. The van der Waals surface area contributed by atoms with E-state index >= 15 is 0 Å². The minimum Gasteiger partial charge on any atom is -0.459 e. The van der Waals surface area contributed by atoms with E-state index in [-0.39, 0.29) is 36.1 Å². The Morgan fingerprint density at radius 3 is 2.17 bits per heavy atom. The Kier molecular flexibility index (Phi) is 8.04. The van der Waals surface area contributed by atoms with Gasteiger partial charge >= 0.3 is 12.1 Å². The zero-order valence-corrected chi connectivity index (χ0v) is 22.3. The van der Waals surface area contributed by atoms with Gasteiger partial charge in [-0.3, -0.25) is 9.59 Å². The number of carbonyl (C=O) groups is 3. The Labute approximate surface area is 235 Å². The number of rotatable bonds is 6. The normalized spacial score (nSPS) is 26.4. The second-order valence-electron chi connectivity index (χ2n) is 11.0. The maximum atomic E-state index is 13.7. The highest BCUT2D eigenvalue weighted by Crippen LogP contribution is 2.41. The highest BCUT2D eigenvalue weighted by Gasteiger charge is 2.49. The summed E-state index contributed by atoms with van der Waals surface area (Å²) in [6.07, 6.45) is -1.55. The standard InChI is InChI=1S/C30H31F3N4O4/c31-30(32,33)21-8-6-19(7-9-21)27(38)36-22-10-11-23(36)15-20(14-22)26(35)28(39)37-24(16-34)12-13-25(37)29(40)41-17-18-4-2-1-3-5-18/h1-9,20,22-26H,10-15,17,35H2/t20?,22?,23?,24-,25+,26+/m1/s1. The molecule has 8 nitrogen and oxygen atoms in total. The minimum atomic E-state index is -4.49. The topological polar surface area (TPSA) is 117 Å². The number of nitrogens with zero attached hydrogens (tertiary/aromatic N) is 3. The summed E-state index contributed by atoms with van der Waals surface area (Å²) in [6, 6.07) is 12.4. The monoisotopic (exact) mass is 568 g/mol. The summed E-state index contributed by atoms with van der Waals surface area (Å²) in [7, 11) is 0. The van der Waals surface area contributed by atoms with Crippen LogP contribution in [0.5, 0.6) is 0 Å². The van der Waals surface area contributed by atoms with Gasteiger partial charge in [0.25, 0.3) is 5.91 Å². The Balaban J connectivity index is 1.24. The second kappa shape index (κ2) is 11.5. The number of nitriles is 1. The van der Waals surface area contributed by atoms with Crippen molar-refractivity contribution in [3.8, 4) is 6.07 Å². The molecule has 2 aromatic rings. The predicted molar refractivity (Wildman–Crippen MR) is 141 cm³/mol. The van der Waals surface area contributed by atoms with Gasteiger partial charge in [0.15, 0.2) is 0 Å². The molecule has 11 heteroatoms. The molecule has 2 bridgehead atoms. The van der Waals surface area contributed by atoms with Crippen molar-refractivity contribution in [2.45, 2.75) is 81.5 Å². The maximum absolute atomic E-state index is 13.7. The lowest BCUT2D eigenvalue weighted by molar-refractivity contribution is -0.156. The molecule has 3 fully saturated rings. The second-order valence-corrected chi connectivity index (χ2v) is 11.0. The molecule has 2 N–H and O–H groups in total. The number of amides is 2. The van der Waals surface area contributed by atoms with Crippen LogP contribution in [-0.2, 0) is 27.1 Å². The van der Waals surface area contributed by atoms with E-state index in [4.69, 9.17) is 10.5 Å². The first-order chi connectivity index (χ1) is 19.6. The number of benzene rings is 2. The lowest BCUT2D eigenvalue weighted by Gasteiger charge is -2.41. The summed E-state index contributed by atoms with van der Waals surface area (Å²) in [5.41, 5.74) is 6.66. The number of ether oxygens (including phenoxy) is 1. The van der Waals surface area contributed by atoms with Crippen LogP contribution < -0.4 is 5.73 Å². The number of nitrogens with two attached hydrogens (primary N) is 1. The molecule has 3 saturated heterocycles. The van der Waals surface area contributed by atoms with Crippen molar-refractivity contribution in [3.05, 3.63) is 71.3 Å². The molecule has 41 heavy (non-hydrogen) atoms. The molecule has 0 aliphatic carbocycles. The van der Waals surface area contributed by atoms with Crippen LogP contribution in [0.3, 0.4) is 0 Å². The molecule has 3 aliphatic heterocycles. The van der Waals surface area contributed by atoms with Crippen LogP contribution in [0.1, 0.15) is 60.0 Å². The van der Waals surface area contributed by atoms with Crippen molar-refractivity contribution in [1.29, 1.82) is 5.26 Å². The van der Waals surface area contributed by atoms with E-state index in [0.717, 1.165) is 17.7 Å². The average molecular weight is 569 g/mol. The first kappa shape index (κ1) is 28.6. The Morgan fingerprint density at radius 1 is 0.951 bits per heavy atom. The largest absolute Gasteiger partial charge is 0.459 e. The third-order valence-corrected chi connectivity index (χ3v) is 8.54. The van der Waals surface area contributed by atoms with Crippen molar-refractivity contribution in [1.82, 2.24) is 9.80 Å². The maximum Gasteiger partial charge on any atom is 0.416 e. The number of carbonyl (C=O) groups excluding carboxylic acids is 3. The zero-order chi connectivity index (χ0) is 29.3. The Morgan fingerprint density at radius 2 is 1.59 bits per heavy atom. The summed E-state index contributed by atoms with van der Waals surface area (Å²) in [5, 5.41) is 9.70. The molecule has 0 spiro atoms. The van der Waals surface area contributed by atoms with Gasteiger partial charge in [0.1, 0.15) is 18.7 Å². The van der Waals surface area contributed by atoms with E-state index in [0.29, 0.717) is 38.5 Å². The first-order valence-corrected chi connectivity index (χ1v) is 13.8. The number of alkyl halides is 3. The summed E-state index contributed by atoms with van der Waals surface area (Å²) in [4.78, 5) is 42.9. The number of fused-ring (bicyclic) bond motifs is 2. The van der Waals surface area contributed by atoms with Gasteiger partial charge in [-0.1, -0.05) is 30.3 Å². The molecule has 2 aromatic carbocycles. The Bertz CT molecular complexity index is 1310. The summed E-state index contributed by atoms with van der Waals surface area (Å²) in [6.45, 7) is 0.0518. The zero-order valence-electron chi connectivity index (χ0n) is 22.3. The van der Waals surface area contributed by atoms with Crippen molar-refractivity contribution in [2.75, 3.05) is 0 Å². The number of hydrogen-bond acceptors (Lipinski definition) is 6. The molecule has 3 aliphatic rings. The molecule has 2 unspecified atom stereocenters. The van der Waals surface area contributed by atoms with E-state index in [2.05, 4.69) is 6.07 Å². The molecule has 0 radical (unpaired) electrons. The predicted octanol–water partition coefficient (Wildman–Crippen LogP) is 4.04. The van der Waals surface area contributed by atoms with Gasteiger partial charge in [-0.25, -0.2) is 4.79 Å². The number of likely N-dealkylation sites (tertiary alicyclic amines) is 1. The number of piperidine rings is 1. The fraction of sp³-hybridized carbons (Fsp3) is 0.467. The fourth-order valence-electron chi connectivity index (χ4n) is 6.47. The molecule has 5 rings (SSSR count). The third-order valence-electron chi connectivity index (χ3n) is 8.54. The summed E-state index contributed by atoms with van der Waals surface area (Å²) in [5.74, 6) is -1.68. The van der Waals surface area contributed by atoms with Gasteiger partial charge in [-0.2, -0.15) is 18.4 Å². The SMILES string of the molecule is N#C[C@H]1CC[C@@H](C(=O)OCc2ccccc2)N1C(=O)[C@@H](N)C1CC2CCC(C1)N2C(=O)c1ccc(C(F)(F)F)cc1. The van der Waals surface area contributed by atoms with E-state index in [1.807, 2.05) is 30.3 Å². The molecule has 0 aromatic heterocycles. The van der Waals surface area contributed by atoms with Gasteiger partial charge in [-0.05, 0) is 74.3 Å². The fourth-order valence-corrected chi connectivity index (χ4v) is 6.47. The van der Waals surface area contributed by atoms with Crippen LogP contribution in [0.4, 0.5) is 13.2 Å². The number of esters is 1. The van der Waals surface area contributed by atoms with Crippen LogP contribution in [0.25, 0.3) is 0 Å². The van der Waals surface area contributed by atoms with Crippen LogP contribution in [-0.4, -0.2) is 57.8 Å². The van der Waals surface area contributed by atoms with Gasteiger partial charge in [-0.15, -0.1) is 0 Å². The Hall–Kier alpha value is -3.91. The lowest BCUT2D eigenvalue weighted by Crippen LogP contribution is -2.57. The highest BCUT2D eigenvalue weighted by atomic mass is 19.4. The first-order valence-electron chi connectivity index (χ1n) is 13.8. The van der Waals surface area contributed by atoms with E-state index in [1.165, 1.54) is 17.0 Å². The molecule has 216 valence electrons. The van der Waals surface area contributed by atoms with Crippen molar-refractivity contribution in [3.63, 3.8) is 0 Å². The van der Waals surface area contributed by atoms with Crippen molar-refractivity contribution >= 4 is 17.8 Å². The smallest absolute Gasteiger partial charge is 0.416 e. The minimum absolute atomic E-state index is 0.0518. The van der Waals surface area contributed by atoms with E-state index in [9.17, 15) is 32.8 Å². The average Bonchev–Trinajstić information content (AvgIpc) is 3.52. The summed E-state index contributed by atoms with van der Waals surface area (Å²) >= 11 is 0. The van der Waals surface area contributed by atoms with Crippen LogP contribution in [0, 0.1) is 17.2 Å². The van der Waals surface area contributed by atoms with E-state index in [1.54, 1.807) is 4.90 Å². The molecular formula is C30H31F3N4O4. The lowest BCUT2D eigenvalue weighted by atomic mass is 9.84. The van der Waals surface area contributed by atoms with Crippen LogP contribution >= 0.6 is 0 Å². The van der Waals surface area contributed by atoms with E-state index < -0.39 is 41.7 Å². The summed E-state index contributed by atoms with van der Waals surface area (Å²) < 4.78 is 44.3. The molecule has 0 saturated carbocycles. The molecular weight excluding hydrogens is 537 g/mol. The molecule has 5 atom stereocenters. The molecule has 2 amide bonds. The number of halogens is 3. The van der Waals surface area contributed by atoms with Gasteiger partial charge in [0, 0.05) is 17.6 Å². The van der Waals surface area contributed by atoms with Gasteiger partial charge in [0.2, 0.25) is 5.91 Å². The number of hydrogen-bond donors (Lipinski definition) is 1. The van der Waals surface area contributed by atoms with Gasteiger partial charge < -0.3 is 20.3 Å². The quantitative estimate of drug-likeness (QED) is 0.526. The van der Waals surface area contributed by atoms with Crippen molar-refractivity contribution in [2.24, 2.45) is 11.7 Å².